The second-order valence-electron chi connectivity index (χ2n) is 6.58. The first-order valence-electron chi connectivity index (χ1n) is 8.63. The third-order valence-electron chi connectivity index (χ3n) is 4.68. The predicted octanol–water partition coefficient (Wildman–Crippen LogP) is 4.49. The van der Waals surface area contributed by atoms with E-state index < -0.39 is 0 Å². The number of thiazole rings is 1. The molecule has 27 heavy (non-hydrogen) atoms. The number of nitrogens with zero attached hydrogens (tertiary/aromatic N) is 2. The molecule has 2 unspecified atom stereocenters. The van der Waals surface area contributed by atoms with Gasteiger partial charge in [0.1, 0.15) is 5.82 Å². The van der Waals surface area contributed by atoms with Crippen LogP contribution < -0.4 is 5.32 Å². The van der Waals surface area contributed by atoms with Crippen molar-refractivity contribution in [2.45, 2.75) is 18.8 Å². The molecular formula is C21H16FN3OS. The van der Waals surface area contributed by atoms with Gasteiger partial charge in [-0.05, 0) is 41.7 Å². The highest BCUT2D eigenvalue weighted by molar-refractivity contribution is 7.15. The zero-order valence-corrected chi connectivity index (χ0v) is 15.2. The number of rotatable bonds is 5. The molecular weight excluding hydrogens is 361 g/mol. The van der Waals surface area contributed by atoms with E-state index in [1.165, 1.54) is 17.4 Å². The highest BCUT2D eigenvalue weighted by Crippen LogP contribution is 2.48. The molecule has 1 aliphatic rings. The van der Waals surface area contributed by atoms with E-state index in [2.05, 4.69) is 16.4 Å². The fraction of sp³-hybridized carbons (Fsp3) is 0.190. The van der Waals surface area contributed by atoms with Crippen LogP contribution >= 0.6 is 11.3 Å². The van der Waals surface area contributed by atoms with Crippen LogP contribution in [0.4, 0.5) is 9.52 Å². The van der Waals surface area contributed by atoms with Gasteiger partial charge in [-0.25, -0.2) is 9.37 Å². The standard InChI is InChI=1S/C21H16FN3OS/c22-19-4-2-1-3-16(19)17-10-18(17)20(26)25-21-24-12-15(27-21)9-13-5-7-14(11-23)8-6-13/h1-8,12,17-18H,9-10H2,(H,24,25,26). The monoisotopic (exact) mass is 377 g/mol. The number of nitrogens with one attached hydrogen (secondary N) is 1. The van der Waals surface area contributed by atoms with Crippen molar-refractivity contribution in [2.24, 2.45) is 5.92 Å². The van der Waals surface area contributed by atoms with Gasteiger partial charge in [-0.3, -0.25) is 4.79 Å². The normalized spacial score (nSPS) is 17.9. The van der Waals surface area contributed by atoms with Crippen LogP contribution in [-0.4, -0.2) is 10.9 Å². The maximum Gasteiger partial charge on any atom is 0.229 e. The molecule has 1 heterocycles. The van der Waals surface area contributed by atoms with Crippen LogP contribution in [0.3, 0.4) is 0 Å². The molecule has 1 N–H and O–H groups in total. The molecule has 2 atom stereocenters. The number of hydrogen-bond donors (Lipinski definition) is 1. The van der Waals surface area contributed by atoms with Gasteiger partial charge in [-0.1, -0.05) is 30.3 Å². The van der Waals surface area contributed by atoms with Crippen molar-refractivity contribution < 1.29 is 9.18 Å². The molecule has 6 heteroatoms. The highest BCUT2D eigenvalue weighted by atomic mass is 32.1. The van der Waals surface area contributed by atoms with Crippen molar-refractivity contribution in [2.75, 3.05) is 5.32 Å². The topological polar surface area (TPSA) is 65.8 Å². The van der Waals surface area contributed by atoms with Gasteiger partial charge in [0.25, 0.3) is 0 Å². The van der Waals surface area contributed by atoms with Gasteiger partial charge in [0, 0.05) is 23.4 Å². The van der Waals surface area contributed by atoms with Crippen LogP contribution in [0.1, 0.15) is 33.9 Å². The Kier molecular flexibility index (Phi) is 4.69. The second kappa shape index (κ2) is 7.29. The largest absolute Gasteiger partial charge is 0.302 e. The number of carbonyl (C=O) groups excluding carboxylic acids is 1. The minimum absolute atomic E-state index is 0.0516. The molecule has 4 nitrogen and oxygen atoms in total. The molecule has 1 fully saturated rings. The van der Waals surface area contributed by atoms with E-state index in [1.807, 2.05) is 12.1 Å². The molecule has 1 aliphatic carbocycles. The van der Waals surface area contributed by atoms with Gasteiger partial charge >= 0.3 is 0 Å². The molecule has 0 spiro atoms. The number of halogens is 1. The molecule has 1 amide bonds. The Labute approximate surface area is 160 Å². The minimum atomic E-state index is -0.253. The third-order valence-corrected chi connectivity index (χ3v) is 5.59. The number of carbonyl (C=O) groups is 1. The van der Waals surface area contributed by atoms with Crippen molar-refractivity contribution in [3.63, 3.8) is 0 Å². The number of hydrogen-bond acceptors (Lipinski definition) is 4. The zero-order valence-electron chi connectivity index (χ0n) is 14.4. The lowest BCUT2D eigenvalue weighted by atomic mass is 10.1. The molecule has 0 bridgehead atoms. The summed E-state index contributed by atoms with van der Waals surface area (Å²) in [6, 6.07) is 16.1. The summed E-state index contributed by atoms with van der Waals surface area (Å²) >= 11 is 1.43. The lowest BCUT2D eigenvalue weighted by molar-refractivity contribution is -0.117. The number of nitriles is 1. The average Bonchev–Trinajstić information content (AvgIpc) is 3.36. The van der Waals surface area contributed by atoms with E-state index in [1.54, 1.807) is 36.5 Å². The van der Waals surface area contributed by atoms with E-state index in [9.17, 15) is 9.18 Å². The van der Waals surface area contributed by atoms with E-state index in [-0.39, 0.29) is 23.6 Å². The van der Waals surface area contributed by atoms with Crippen LogP contribution in [-0.2, 0) is 11.2 Å². The molecule has 1 aromatic heterocycles. The summed E-state index contributed by atoms with van der Waals surface area (Å²) in [5.41, 5.74) is 2.32. The number of benzene rings is 2. The van der Waals surface area contributed by atoms with Gasteiger partial charge in [-0.2, -0.15) is 5.26 Å². The van der Waals surface area contributed by atoms with E-state index in [0.717, 1.165) is 10.4 Å². The Balaban J connectivity index is 1.36. The molecule has 0 radical (unpaired) electrons. The second-order valence-corrected chi connectivity index (χ2v) is 7.69. The third kappa shape index (κ3) is 3.88. The molecule has 4 rings (SSSR count). The Morgan fingerprint density at radius 2 is 2.04 bits per heavy atom. The first kappa shape index (κ1) is 17.4. The SMILES string of the molecule is N#Cc1ccc(Cc2cnc(NC(=O)C3CC3c3ccccc3F)s2)cc1. The predicted molar refractivity (Wildman–Crippen MR) is 102 cm³/mol. The van der Waals surface area contributed by atoms with Crippen molar-refractivity contribution in [1.29, 1.82) is 5.26 Å². The summed E-state index contributed by atoms with van der Waals surface area (Å²) in [7, 11) is 0. The Hall–Kier alpha value is -3.04. The smallest absolute Gasteiger partial charge is 0.229 e. The van der Waals surface area contributed by atoms with E-state index in [4.69, 9.17) is 5.26 Å². The van der Waals surface area contributed by atoms with Crippen LogP contribution in [0.25, 0.3) is 0 Å². The fourth-order valence-electron chi connectivity index (χ4n) is 3.15. The van der Waals surface area contributed by atoms with Gasteiger partial charge in [0.05, 0.1) is 11.6 Å². The molecule has 3 aromatic rings. The fourth-order valence-corrected chi connectivity index (χ4v) is 4.00. The van der Waals surface area contributed by atoms with E-state index in [0.29, 0.717) is 29.1 Å². The van der Waals surface area contributed by atoms with Crippen LogP contribution in [0, 0.1) is 23.1 Å². The van der Waals surface area contributed by atoms with Crippen molar-refractivity contribution >= 4 is 22.4 Å². The minimum Gasteiger partial charge on any atom is -0.302 e. The summed E-state index contributed by atoms with van der Waals surface area (Å²) in [5, 5.41) is 12.3. The van der Waals surface area contributed by atoms with Crippen LogP contribution in [0.5, 0.6) is 0 Å². The summed E-state index contributed by atoms with van der Waals surface area (Å²) < 4.78 is 13.8. The average molecular weight is 377 g/mol. The van der Waals surface area contributed by atoms with Crippen molar-refractivity contribution in [1.82, 2.24) is 4.98 Å². The van der Waals surface area contributed by atoms with Gasteiger partial charge in [0.2, 0.25) is 5.91 Å². The van der Waals surface area contributed by atoms with Gasteiger partial charge in [0.15, 0.2) is 5.13 Å². The van der Waals surface area contributed by atoms with Gasteiger partial charge in [-0.15, -0.1) is 11.3 Å². The van der Waals surface area contributed by atoms with Crippen LogP contribution in [0.2, 0.25) is 0 Å². The Morgan fingerprint density at radius 1 is 1.26 bits per heavy atom. The molecule has 134 valence electrons. The number of anilines is 1. The Morgan fingerprint density at radius 3 is 2.78 bits per heavy atom. The summed E-state index contributed by atoms with van der Waals surface area (Å²) in [6.45, 7) is 0. The van der Waals surface area contributed by atoms with E-state index >= 15 is 0 Å². The summed E-state index contributed by atoms with van der Waals surface area (Å²) in [6.07, 6.45) is 3.11. The quantitative estimate of drug-likeness (QED) is 0.713. The maximum absolute atomic E-state index is 13.8. The summed E-state index contributed by atoms with van der Waals surface area (Å²) in [5.74, 6) is -0.615. The molecule has 0 saturated heterocycles. The molecule has 1 saturated carbocycles. The number of amides is 1. The maximum atomic E-state index is 13.8. The molecule has 2 aromatic carbocycles. The lowest BCUT2D eigenvalue weighted by Gasteiger charge is -2.03. The van der Waals surface area contributed by atoms with Crippen LogP contribution in [0.15, 0.2) is 54.7 Å². The number of aromatic nitrogens is 1. The van der Waals surface area contributed by atoms with Gasteiger partial charge < -0.3 is 5.32 Å². The highest BCUT2D eigenvalue weighted by Gasteiger charge is 2.45. The Bertz CT molecular complexity index is 1020. The first-order valence-corrected chi connectivity index (χ1v) is 9.44. The zero-order chi connectivity index (χ0) is 18.8. The molecule has 0 aliphatic heterocycles. The summed E-state index contributed by atoms with van der Waals surface area (Å²) in [4.78, 5) is 17.7. The first-order chi connectivity index (χ1) is 13.1. The van der Waals surface area contributed by atoms with Crippen molar-refractivity contribution in [3.05, 3.63) is 82.1 Å². The lowest BCUT2D eigenvalue weighted by Crippen LogP contribution is -2.14. The van der Waals surface area contributed by atoms with Crippen molar-refractivity contribution in [3.8, 4) is 6.07 Å².